The number of carbonyl (C=O) groups excluding carboxylic acids is 1. The van der Waals surface area contributed by atoms with Crippen molar-refractivity contribution in [2.75, 3.05) is 6.54 Å². The van der Waals surface area contributed by atoms with Crippen LogP contribution in [0, 0.1) is 34.5 Å². The molecule has 0 aromatic heterocycles. The molecule has 4 aliphatic rings. The molecule has 0 aromatic carbocycles. The van der Waals surface area contributed by atoms with Crippen molar-refractivity contribution in [3.8, 4) is 0 Å². The molecule has 4 rings (SSSR count). The van der Waals surface area contributed by atoms with Crippen molar-refractivity contribution in [3.05, 3.63) is 24.3 Å². The average Bonchev–Trinajstić information content (AvgIpc) is 2.92. The maximum Gasteiger partial charge on any atom is 0.139 e. The van der Waals surface area contributed by atoms with Crippen LogP contribution in [-0.2, 0) is 4.79 Å². The van der Waals surface area contributed by atoms with E-state index in [1.54, 1.807) is 0 Å². The highest BCUT2D eigenvalue weighted by molar-refractivity contribution is 5.87. The Kier molecular flexibility index (Phi) is 4.71. The van der Waals surface area contributed by atoms with Crippen LogP contribution in [0.15, 0.2) is 24.3 Å². The second kappa shape index (κ2) is 6.56. The molecule has 3 nitrogen and oxygen atoms in total. The summed E-state index contributed by atoms with van der Waals surface area (Å²) in [5.74, 6) is 2.26. The van der Waals surface area contributed by atoms with Gasteiger partial charge in [-0.1, -0.05) is 38.2 Å². The Hall–Kier alpha value is -0.930. The third-order valence-corrected chi connectivity index (χ3v) is 9.23. The highest BCUT2D eigenvalue weighted by Gasteiger charge is 2.65. The van der Waals surface area contributed by atoms with Gasteiger partial charge in [0.25, 0.3) is 0 Å². The fourth-order valence-corrected chi connectivity index (χ4v) is 7.53. The van der Waals surface area contributed by atoms with E-state index in [9.17, 15) is 9.90 Å². The minimum absolute atomic E-state index is 0.0516. The lowest BCUT2D eigenvalue weighted by molar-refractivity contribution is -0.189. The lowest BCUT2D eigenvalue weighted by Gasteiger charge is -2.64. The summed E-state index contributed by atoms with van der Waals surface area (Å²) in [4.78, 5) is 12.6. The number of ketones is 1. The van der Waals surface area contributed by atoms with Crippen molar-refractivity contribution in [2.24, 2.45) is 40.2 Å². The molecule has 4 aliphatic carbocycles. The molecular formula is C24H37NO2. The van der Waals surface area contributed by atoms with Gasteiger partial charge in [-0.15, -0.1) is 0 Å². The van der Waals surface area contributed by atoms with Gasteiger partial charge in [0, 0.05) is 17.3 Å². The van der Waals surface area contributed by atoms with E-state index in [0.717, 1.165) is 51.4 Å². The van der Waals surface area contributed by atoms with Crippen molar-refractivity contribution in [1.82, 2.24) is 0 Å². The van der Waals surface area contributed by atoms with Crippen LogP contribution in [0.1, 0.15) is 71.6 Å². The molecule has 0 aromatic rings. The number of carbonyl (C=O) groups is 1. The molecule has 3 heteroatoms. The van der Waals surface area contributed by atoms with E-state index < -0.39 is 5.60 Å². The summed E-state index contributed by atoms with van der Waals surface area (Å²) in [5, 5.41) is 11.9. The average molecular weight is 372 g/mol. The fraction of sp³-hybridized carbons (Fsp3) is 0.792. The molecular weight excluding hydrogens is 334 g/mol. The molecule has 4 fully saturated rings. The summed E-state index contributed by atoms with van der Waals surface area (Å²) in [6.45, 7) is 9.71. The summed E-state index contributed by atoms with van der Waals surface area (Å²) >= 11 is 0. The van der Waals surface area contributed by atoms with Gasteiger partial charge in [-0.05, 0) is 81.6 Å². The predicted octanol–water partition coefficient (Wildman–Crippen LogP) is 4.40. The molecule has 27 heavy (non-hydrogen) atoms. The van der Waals surface area contributed by atoms with Gasteiger partial charge in [-0.25, -0.2) is 0 Å². The van der Waals surface area contributed by atoms with Gasteiger partial charge in [-0.3, -0.25) is 4.79 Å². The first-order valence-electron chi connectivity index (χ1n) is 11.1. The number of rotatable bonds is 3. The van der Waals surface area contributed by atoms with E-state index in [1.165, 1.54) is 5.57 Å². The number of aliphatic hydroxyl groups is 1. The van der Waals surface area contributed by atoms with Crippen LogP contribution in [0.25, 0.3) is 0 Å². The van der Waals surface area contributed by atoms with Crippen LogP contribution >= 0.6 is 0 Å². The van der Waals surface area contributed by atoms with E-state index >= 15 is 0 Å². The molecule has 0 unspecified atom stereocenters. The number of Topliss-reactive ketones (excluding diaryl/α,β-unsaturated/α-hetero) is 1. The molecule has 0 aliphatic heterocycles. The summed E-state index contributed by atoms with van der Waals surface area (Å²) in [6, 6.07) is 0. The Labute approximate surface area is 164 Å². The highest BCUT2D eigenvalue weighted by Crippen LogP contribution is 2.68. The summed E-state index contributed by atoms with van der Waals surface area (Å²) < 4.78 is 0. The van der Waals surface area contributed by atoms with Gasteiger partial charge in [0.15, 0.2) is 0 Å². The zero-order valence-electron chi connectivity index (χ0n) is 17.2. The predicted molar refractivity (Wildman–Crippen MR) is 109 cm³/mol. The lowest BCUT2D eigenvalue weighted by Crippen LogP contribution is -2.62. The van der Waals surface area contributed by atoms with Crippen LogP contribution in [0.4, 0.5) is 0 Å². The Morgan fingerprint density at radius 2 is 2.00 bits per heavy atom. The largest absolute Gasteiger partial charge is 0.389 e. The van der Waals surface area contributed by atoms with E-state index in [2.05, 4.69) is 32.6 Å². The van der Waals surface area contributed by atoms with Crippen molar-refractivity contribution in [1.29, 1.82) is 0 Å². The van der Waals surface area contributed by atoms with Crippen molar-refractivity contribution in [3.63, 3.8) is 0 Å². The quantitative estimate of drug-likeness (QED) is 0.723. The van der Waals surface area contributed by atoms with Crippen LogP contribution < -0.4 is 5.73 Å². The van der Waals surface area contributed by atoms with Crippen LogP contribution in [0.2, 0.25) is 0 Å². The monoisotopic (exact) mass is 371 g/mol. The number of hydrogen-bond acceptors (Lipinski definition) is 3. The zero-order valence-corrected chi connectivity index (χ0v) is 17.2. The van der Waals surface area contributed by atoms with E-state index in [4.69, 9.17) is 5.73 Å². The fourth-order valence-electron chi connectivity index (χ4n) is 7.53. The molecule has 4 saturated carbocycles. The molecule has 0 bridgehead atoms. The topological polar surface area (TPSA) is 63.3 Å². The summed E-state index contributed by atoms with van der Waals surface area (Å²) in [7, 11) is 0. The SMILES string of the molecule is C=C1C[C@@]2(O)C[C@H](/C=C\CCN)CC[C@]2(C)[C@H]2CC[C@]3(C)C(=O)CC[C@H]3[C@H]12. The maximum atomic E-state index is 12.6. The number of allylic oxidation sites excluding steroid dienone is 1. The van der Waals surface area contributed by atoms with Crippen molar-refractivity contribution < 1.29 is 9.90 Å². The van der Waals surface area contributed by atoms with Crippen molar-refractivity contribution in [2.45, 2.75) is 77.2 Å². The standard InChI is InChI=1S/C24H37NO2/c1-16-14-24(27)15-17(6-4-5-13-25)9-12-23(24,3)19-10-11-22(2)18(21(16)19)7-8-20(22)26/h4,6,17-19,21,27H,1,5,7-15,25H2,2-3H3/b6-4-/t17-,18+,19+,21+,22+,23-,24-/m1/s1. The number of nitrogens with two attached hydrogens (primary N) is 1. The first kappa shape index (κ1) is 19.4. The first-order chi connectivity index (χ1) is 12.7. The van der Waals surface area contributed by atoms with Crippen LogP contribution in [0.5, 0.6) is 0 Å². The molecule has 0 radical (unpaired) electrons. The second-order valence-corrected chi connectivity index (χ2v) is 10.4. The van der Waals surface area contributed by atoms with Gasteiger partial charge in [0.1, 0.15) is 5.78 Å². The molecule has 3 N–H and O–H groups in total. The third-order valence-electron chi connectivity index (χ3n) is 9.23. The Bertz CT molecular complexity index is 669. The minimum atomic E-state index is -0.655. The molecule has 0 heterocycles. The van der Waals surface area contributed by atoms with E-state index in [1.807, 2.05) is 0 Å². The molecule has 0 spiro atoms. The van der Waals surface area contributed by atoms with Gasteiger partial charge >= 0.3 is 0 Å². The van der Waals surface area contributed by atoms with Crippen molar-refractivity contribution >= 4 is 5.78 Å². The minimum Gasteiger partial charge on any atom is -0.389 e. The number of hydrogen-bond donors (Lipinski definition) is 2. The van der Waals surface area contributed by atoms with Crippen LogP contribution in [0.3, 0.4) is 0 Å². The zero-order chi connectivity index (χ0) is 19.4. The lowest BCUT2D eigenvalue weighted by atomic mass is 9.42. The Balaban J connectivity index is 1.62. The van der Waals surface area contributed by atoms with Crippen LogP contribution in [-0.4, -0.2) is 23.0 Å². The van der Waals surface area contributed by atoms with Gasteiger partial charge in [0.2, 0.25) is 0 Å². The second-order valence-electron chi connectivity index (χ2n) is 10.4. The summed E-state index contributed by atoms with van der Waals surface area (Å²) in [6.07, 6.45) is 13.0. The molecule has 0 saturated heterocycles. The van der Waals surface area contributed by atoms with E-state index in [0.29, 0.717) is 42.4 Å². The first-order valence-corrected chi connectivity index (χ1v) is 11.1. The van der Waals surface area contributed by atoms with Gasteiger partial charge < -0.3 is 10.8 Å². The van der Waals surface area contributed by atoms with E-state index in [-0.39, 0.29) is 10.8 Å². The normalized spacial score (nSPS) is 49.8. The Morgan fingerprint density at radius 1 is 1.22 bits per heavy atom. The molecule has 7 atom stereocenters. The summed E-state index contributed by atoms with van der Waals surface area (Å²) in [5.41, 5.74) is 5.99. The van der Waals surface area contributed by atoms with Gasteiger partial charge in [-0.2, -0.15) is 0 Å². The smallest absolute Gasteiger partial charge is 0.139 e. The third kappa shape index (κ3) is 2.72. The number of fused-ring (bicyclic) bond motifs is 5. The van der Waals surface area contributed by atoms with Gasteiger partial charge in [0.05, 0.1) is 5.60 Å². The molecule has 150 valence electrons. The highest BCUT2D eigenvalue weighted by atomic mass is 16.3. The Morgan fingerprint density at radius 3 is 2.74 bits per heavy atom. The maximum absolute atomic E-state index is 12.6. The molecule has 0 amide bonds.